The third-order valence-corrected chi connectivity index (χ3v) is 4.72. The minimum absolute atomic E-state index is 0.0401. The standard InChI is InChI=1S/C20H18ClN5O2/c1-11-5-3-4-6-14(11)24-19-13(21)10-22-20(26-19)25-16-7-12-8-18(27)23-15(12)9-17(16)28-2/h3-7,9-10H,8H2,1-2H3,(H,23,27)(H2,22,24,25,26). The van der Waals surface area contributed by atoms with Gasteiger partial charge in [-0.3, -0.25) is 4.79 Å². The van der Waals surface area contributed by atoms with E-state index < -0.39 is 0 Å². The van der Waals surface area contributed by atoms with E-state index >= 15 is 0 Å². The predicted octanol–water partition coefficient (Wildman–Crippen LogP) is 4.43. The van der Waals surface area contributed by atoms with Crippen molar-refractivity contribution >= 4 is 46.3 Å². The lowest BCUT2D eigenvalue weighted by Crippen LogP contribution is -2.04. The molecule has 0 bridgehead atoms. The fourth-order valence-electron chi connectivity index (χ4n) is 3.00. The third kappa shape index (κ3) is 3.57. The highest BCUT2D eigenvalue weighted by Gasteiger charge is 2.21. The Balaban J connectivity index is 1.64. The first-order valence-electron chi connectivity index (χ1n) is 8.66. The average Bonchev–Trinajstić information content (AvgIpc) is 3.04. The van der Waals surface area contributed by atoms with Gasteiger partial charge in [0.2, 0.25) is 11.9 Å². The number of nitrogens with zero attached hydrogens (tertiary/aromatic N) is 2. The summed E-state index contributed by atoms with van der Waals surface area (Å²) in [5, 5.41) is 9.60. The second-order valence-corrected chi connectivity index (χ2v) is 6.80. The van der Waals surface area contributed by atoms with Crippen molar-refractivity contribution in [3.8, 4) is 5.75 Å². The maximum absolute atomic E-state index is 11.6. The van der Waals surface area contributed by atoms with Gasteiger partial charge in [0, 0.05) is 17.4 Å². The number of hydrogen-bond acceptors (Lipinski definition) is 6. The molecule has 3 N–H and O–H groups in total. The van der Waals surface area contributed by atoms with Gasteiger partial charge in [-0.25, -0.2) is 4.98 Å². The molecule has 0 fully saturated rings. The normalized spacial score (nSPS) is 12.3. The minimum Gasteiger partial charge on any atom is -0.494 e. The summed E-state index contributed by atoms with van der Waals surface area (Å²) in [6.07, 6.45) is 1.86. The van der Waals surface area contributed by atoms with Crippen LogP contribution in [0.5, 0.6) is 5.75 Å². The van der Waals surface area contributed by atoms with E-state index in [1.165, 1.54) is 6.20 Å². The van der Waals surface area contributed by atoms with E-state index in [1.807, 2.05) is 37.3 Å². The van der Waals surface area contributed by atoms with E-state index in [2.05, 4.69) is 25.9 Å². The molecule has 4 rings (SSSR count). The lowest BCUT2D eigenvalue weighted by molar-refractivity contribution is -0.115. The SMILES string of the molecule is COc1cc2c(cc1Nc1ncc(Cl)c(Nc3ccccc3C)n1)CC(=O)N2. The topological polar surface area (TPSA) is 88.2 Å². The zero-order valence-corrected chi connectivity index (χ0v) is 16.1. The van der Waals surface area contributed by atoms with Gasteiger partial charge in [-0.15, -0.1) is 0 Å². The maximum atomic E-state index is 11.6. The molecule has 1 aromatic heterocycles. The number of benzene rings is 2. The van der Waals surface area contributed by atoms with Gasteiger partial charge in [0.05, 0.1) is 25.4 Å². The molecule has 142 valence electrons. The minimum atomic E-state index is -0.0401. The zero-order valence-electron chi connectivity index (χ0n) is 15.3. The Bertz CT molecular complexity index is 1070. The molecule has 2 heterocycles. The first-order chi connectivity index (χ1) is 13.5. The number of para-hydroxylation sites is 1. The number of fused-ring (bicyclic) bond motifs is 1. The van der Waals surface area contributed by atoms with Crippen molar-refractivity contribution in [2.75, 3.05) is 23.1 Å². The molecule has 1 aliphatic rings. The Hall–Kier alpha value is -3.32. The molecule has 0 saturated heterocycles. The summed E-state index contributed by atoms with van der Waals surface area (Å²) in [6.45, 7) is 2.00. The van der Waals surface area contributed by atoms with Gasteiger partial charge in [0.25, 0.3) is 0 Å². The van der Waals surface area contributed by atoms with Crippen LogP contribution in [0.1, 0.15) is 11.1 Å². The van der Waals surface area contributed by atoms with Crippen LogP contribution in [-0.4, -0.2) is 23.0 Å². The lowest BCUT2D eigenvalue weighted by atomic mass is 10.1. The Morgan fingerprint density at radius 2 is 2.00 bits per heavy atom. The van der Waals surface area contributed by atoms with Gasteiger partial charge < -0.3 is 20.7 Å². The number of hydrogen-bond donors (Lipinski definition) is 3. The van der Waals surface area contributed by atoms with Crippen molar-refractivity contribution in [2.45, 2.75) is 13.3 Å². The fourth-order valence-corrected chi connectivity index (χ4v) is 3.14. The summed E-state index contributed by atoms with van der Waals surface area (Å²) in [7, 11) is 1.57. The van der Waals surface area contributed by atoms with Crippen LogP contribution < -0.4 is 20.7 Å². The monoisotopic (exact) mass is 395 g/mol. The highest BCUT2D eigenvalue weighted by Crippen LogP contribution is 2.36. The highest BCUT2D eigenvalue weighted by molar-refractivity contribution is 6.32. The van der Waals surface area contributed by atoms with Gasteiger partial charge in [-0.1, -0.05) is 29.8 Å². The van der Waals surface area contributed by atoms with Crippen molar-refractivity contribution in [3.05, 3.63) is 58.7 Å². The number of anilines is 5. The van der Waals surface area contributed by atoms with Crippen molar-refractivity contribution in [1.82, 2.24) is 9.97 Å². The van der Waals surface area contributed by atoms with E-state index in [-0.39, 0.29) is 5.91 Å². The number of aryl methyl sites for hydroxylation is 1. The number of amides is 1. The number of carbonyl (C=O) groups excluding carboxylic acids is 1. The molecule has 8 heteroatoms. The van der Waals surface area contributed by atoms with Gasteiger partial charge >= 0.3 is 0 Å². The van der Waals surface area contributed by atoms with Crippen LogP contribution >= 0.6 is 11.6 Å². The molecule has 2 aromatic carbocycles. The van der Waals surface area contributed by atoms with Gasteiger partial charge in [-0.05, 0) is 30.2 Å². The van der Waals surface area contributed by atoms with Crippen LogP contribution in [-0.2, 0) is 11.2 Å². The Kier molecular flexibility index (Phi) is 4.75. The number of nitrogens with one attached hydrogen (secondary N) is 3. The van der Waals surface area contributed by atoms with Crippen LogP contribution in [0.25, 0.3) is 0 Å². The molecular formula is C20H18ClN5O2. The first-order valence-corrected chi connectivity index (χ1v) is 9.04. The van der Waals surface area contributed by atoms with E-state index in [1.54, 1.807) is 13.2 Å². The second kappa shape index (κ2) is 7.36. The number of ether oxygens (including phenoxy) is 1. The molecule has 0 unspecified atom stereocenters. The van der Waals surface area contributed by atoms with E-state index in [4.69, 9.17) is 16.3 Å². The second-order valence-electron chi connectivity index (χ2n) is 6.39. The van der Waals surface area contributed by atoms with E-state index in [9.17, 15) is 4.79 Å². The quantitative estimate of drug-likeness (QED) is 0.592. The van der Waals surface area contributed by atoms with E-state index in [0.717, 1.165) is 22.5 Å². The molecule has 3 aromatic rings. The zero-order chi connectivity index (χ0) is 19.7. The molecule has 0 saturated carbocycles. The number of rotatable bonds is 5. The van der Waals surface area contributed by atoms with Crippen LogP contribution in [0.4, 0.5) is 28.8 Å². The maximum Gasteiger partial charge on any atom is 0.229 e. The Labute approximate surface area is 167 Å². The van der Waals surface area contributed by atoms with Crippen LogP contribution in [0.2, 0.25) is 5.02 Å². The van der Waals surface area contributed by atoms with Crippen molar-refractivity contribution in [3.63, 3.8) is 0 Å². The summed E-state index contributed by atoms with van der Waals surface area (Å²) in [4.78, 5) is 20.4. The number of carbonyl (C=O) groups is 1. The number of aromatic nitrogens is 2. The number of methoxy groups -OCH3 is 1. The molecule has 1 amide bonds. The van der Waals surface area contributed by atoms with Gasteiger partial charge in [0.15, 0.2) is 5.82 Å². The van der Waals surface area contributed by atoms with E-state index in [0.29, 0.717) is 34.6 Å². The summed E-state index contributed by atoms with van der Waals surface area (Å²) in [6, 6.07) is 11.5. The van der Waals surface area contributed by atoms with Crippen molar-refractivity contribution in [1.29, 1.82) is 0 Å². The molecule has 0 atom stereocenters. The summed E-state index contributed by atoms with van der Waals surface area (Å²) in [5.74, 6) is 1.39. The summed E-state index contributed by atoms with van der Waals surface area (Å²) < 4.78 is 5.43. The van der Waals surface area contributed by atoms with Crippen molar-refractivity contribution in [2.24, 2.45) is 0 Å². The van der Waals surface area contributed by atoms with Crippen LogP contribution in [0, 0.1) is 6.92 Å². The summed E-state index contributed by atoms with van der Waals surface area (Å²) in [5.41, 5.74) is 4.30. The molecule has 1 aliphatic heterocycles. The molecule has 7 nitrogen and oxygen atoms in total. The Morgan fingerprint density at radius 3 is 2.79 bits per heavy atom. The summed E-state index contributed by atoms with van der Waals surface area (Å²) >= 11 is 6.27. The lowest BCUT2D eigenvalue weighted by Gasteiger charge is -2.14. The van der Waals surface area contributed by atoms with Gasteiger partial charge in [0.1, 0.15) is 10.8 Å². The van der Waals surface area contributed by atoms with Crippen LogP contribution in [0.3, 0.4) is 0 Å². The molecule has 0 aliphatic carbocycles. The molecular weight excluding hydrogens is 378 g/mol. The number of halogens is 1. The Morgan fingerprint density at radius 1 is 1.18 bits per heavy atom. The van der Waals surface area contributed by atoms with Crippen LogP contribution in [0.15, 0.2) is 42.6 Å². The molecule has 0 spiro atoms. The van der Waals surface area contributed by atoms with Gasteiger partial charge in [-0.2, -0.15) is 4.98 Å². The average molecular weight is 396 g/mol. The predicted molar refractivity (Wildman–Crippen MR) is 110 cm³/mol. The molecule has 28 heavy (non-hydrogen) atoms. The highest BCUT2D eigenvalue weighted by atomic mass is 35.5. The van der Waals surface area contributed by atoms with Crippen molar-refractivity contribution < 1.29 is 9.53 Å². The molecule has 0 radical (unpaired) electrons. The fraction of sp³-hybridized carbons (Fsp3) is 0.150. The smallest absolute Gasteiger partial charge is 0.229 e. The first kappa shape index (κ1) is 18.1. The third-order valence-electron chi connectivity index (χ3n) is 4.44. The largest absolute Gasteiger partial charge is 0.494 e.